The zero-order chi connectivity index (χ0) is 28.6. The number of aromatic nitrogens is 2. The van der Waals surface area contributed by atoms with Gasteiger partial charge >= 0.3 is 0 Å². The SMILES string of the molecule is CC(C)C[C@H](CC(=O)c1cnc2ccccc2n1)C(=O)N[C@@H](C[C@@H]1CCCC1=O)C(=O)C(=O)NC1CCCCC1. The zero-order valence-electron chi connectivity index (χ0n) is 23.5. The smallest absolute Gasteiger partial charge is 0.289 e. The fourth-order valence-electron chi connectivity index (χ4n) is 5.88. The van der Waals surface area contributed by atoms with Crippen LogP contribution in [-0.2, 0) is 19.2 Å². The van der Waals surface area contributed by atoms with Crippen LogP contribution in [0.3, 0.4) is 0 Å². The molecule has 2 aromatic rings. The van der Waals surface area contributed by atoms with Crippen LogP contribution in [0.4, 0.5) is 0 Å². The number of Topliss-reactive ketones (excluding diaryl/α,β-unsaturated/α-hetero) is 3. The average Bonchev–Trinajstić information content (AvgIpc) is 3.35. The van der Waals surface area contributed by atoms with Gasteiger partial charge in [0.15, 0.2) is 5.78 Å². The van der Waals surface area contributed by atoms with Crippen LogP contribution in [0.25, 0.3) is 11.0 Å². The topological polar surface area (TPSA) is 135 Å². The van der Waals surface area contributed by atoms with E-state index in [0.29, 0.717) is 30.3 Å². The first kappa shape index (κ1) is 29.5. The molecule has 2 aliphatic carbocycles. The molecule has 2 amide bonds. The zero-order valence-corrected chi connectivity index (χ0v) is 23.5. The minimum atomic E-state index is -1.12. The Morgan fingerprint density at radius 1 is 0.975 bits per heavy atom. The Balaban J connectivity index is 1.48. The van der Waals surface area contributed by atoms with Crippen LogP contribution in [0, 0.1) is 17.8 Å². The van der Waals surface area contributed by atoms with Crippen molar-refractivity contribution >= 4 is 40.2 Å². The van der Waals surface area contributed by atoms with E-state index >= 15 is 0 Å². The van der Waals surface area contributed by atoms with Gasteiger partial charge in [-0.25, -0.2) is 4.98 Å². The highest BCUT2D eigenvalue weighted by atomic mass is 16.2. The summed E-state index contributed by atoms with van der Waals surface area (Å²) in [5.41, 5.74) is 1.44. The molecule has 0 radical (unpaired) electrons. The fraction of sp³-hybridized carbons (Fsp3) is 0.581. The molecule has 0 saturated heterocycles. The first-order valence-corrected chi connectivity index (χ1v) is 14.6. The summed E-state index contributed by atoms with van der Waals surface area (Å²) in [5.74, 6) is -3.16. The molecule has 9 heteroatoms. The Morgan fingerprint density at radius 2 is 1.70 bits per heavy atom. The van der Waals surface area contributed by atoms with Gasteiger partial charge in [0.2, 0.25) is 11.7 Å². The molecular weight excluding hydrogens is 508 g/mol. The summed E-state index contributed by atoms with van der Waals surface area (Å²) in [5, 5.41) is 5.63. The standard InChI is InChI=1S/C31H40N4O5/c1-19(2)15-21(17-28(37)26-18-32-23-12-6-7-13-24(23)34-26)30(39)35-25(16-20-9-8-14-27(20)36)29(38)31(40)33-22-10-4-3-5-11-22/h6-7,12-13,18-22,25H,3-5,8-11,14-17H2,1-2H3,(H,33,40)(H,35,39)/t20-,21+,25-/m0/s1. The highest BCUT2D eigenvalue weighted by molar-refractivity contribution is 6.38. The second kappa shape index (κ2) is 13.7. The predicted octanol–water partition coefficient (Wildman–Crippen LogP) is 4.13. The lowest BCUT2D eigenvalue weighted by Gasteiger charge is -2.26. The van der Waals surface area contributed by atoms with Crippen molar-refractivity contribution in [1.82, 2.24) is 20.6 Å². The number of carbonyl (C=O) groups is 5. The number of para-hydroxylation sites is 2. The van der Waals surface area contributed by atoms with Crippen LogP contribution in [0.15, 0.2) is 30.5 Å². The maximum absolute atomic E-state index is 13.6. The number of fused-ring (bicyclic) bond motifs is 1. The molecule has 3 atom stereocenters. The number of nitrogens with one attached hydrogen (secondary N) is 2. The van der Waals surface area contributed by atoms with E-state index in [1.54, 1.807) is 6.07 Å². The van der Waals surface area contributed by atoms with E-state index < -0.39 is 29.6 Å². The molecule has 2 fully saturated rings. The number of carbonyl (C=O) groups excluding carboxylic acids is 5. The largest absolute Gasteiger partial charge is 0.347 e. The normalized spacial score (nSPS) is 19.4. The van der Waals surface area contributed by atoms with E-state index in [1.807, 2.05) is 32.0 Å². The molecule has 0 spiro atoms. The number of benzene rings is 1. The quantitative estimate of drug-likeness (QED) is 0.301. The third-order valence-electron chi connectivity index (χ3n) is 8.04. The summed E-state index contributed by atoms with van der Waals surface area (Å²) < 4.78 is 0. The van der Waals surface area contributed by atoms with Gasteiger partial charge in [-0.3, -0.25) is 29.0 Å². The molecule has 4 rings (SSSR count). The van der Waals surface area contributed by atoms with Crippen LogP contribution >= 0.6 is 0 Å². The van der Waals surface area contributed by atoms with Crippen molar-refractivity contribution in [2.24, 2.45) is 17.8 Å². The maximum Gasteiger partial charge on any atom is 0.289 e. The molecule has 2 saturated carbocycles. The summed E-state index contributed by atoms with van der Waals surface area (Å²) in [6, 6.07) is 6.07. The Kier molecular flexibility index (Phi) is 10.1. The van der Waals surface area contributed by atoms with Gasteiger partial charge in [0.1, 0.15) is 11.5 Å². The third-order valence-corrected chi connectivity index (χ3v) is 8.04. The summed E-state index contributed by atoms with van der Waals surface area (Å²) in [6.45, 7) is 3.91. The van der Waals surface area contributed by atoms with Crippen molar-refractivity contribution in [3.63, 3.8) is 0 Å². The van der Waals surface area contributed by atoms with Gasteiger partial charge < -0.3 is 10.6 Å². The highest BCUT2D eigenvalue weighted by Crippen LogP contribution is 2.27. The summed E-state index contributed by atoms with van der Waals surface area (Å²) in [4.78, 5) is 74.2. The van der Waals surface area contributed by atoms with Crippen molar-refractivity contribution < 1.29 is 24.0 Å². The summed E-state index contributed by atoms with van der Waals surface area (Å²) in [6.07, 6.45) is 8.43. The van der Waals surface area contributed by atoms with E-state index in [4.69, 9.17) is 0 Å². The summed E-state index contributed by atoms with van der Waals surface area (Å²) >= 11 is 0. The van der Waals surface area contributed by atoms with E-state index in [-0.39, 0.29) is 48.0 Å². The van der Waals surface area contributed by atoms with Crippen LogP contribution in [-0.4, -0.2) is 51.2 Å². The van der Waals surface area contributed by atoms with Gasteiger partial charge in [-0.15, -0.1) is 0 Å². The molecule has 0 bridgehead atoms. The minimum Gasteiger partial charge on any atom is -0.347 e. The van der Waals surface area contributed by atoms with Gasteiger partial charge in [-0.2, -0.15) is 0 Å². The lowest BCUT2D eigenvalue weighted by molar-refractivity contribution is -0.141. The Bertz CT molecular complexity index is 1250. The van der Waals surface area contributed by atoms with E-state index in [9.17, 15) is 24.0 Å². The molecule has 1 aromatic heterocycles. The van der Waals surface area contributed by atoms with Gasteiger partial charge in [0.05, 0.1) is 23.3 Å². The Hall–Kier alpha value is -3.49. The van der Waals surface area contributed by atoms with Crippen LogP contribution in [0.1, 0.15) is 95.0 Å². The first-order valence-electron chi connectivity index (χ1n) is 14.6. The lowest BCUT2D eigenvalue weighted by atomic mass is 9.89. The Labute approximate surface area is 235 Å². The van der Waals surface area contributed by atoms with Crippen LogP contribution < -0.4 is 10.6 Å². The van der Waals surface area contributed by atoms with Crippen LogP contribution in [0.5, 0.6) is 0 Å². The van der Waals surface area contributed by atoms with Gasteiger partial charge in [0.25, 0.3) is 5.91 Å². The lowest BCUT2D eigenvalue weighted by Crippen LogP contribution is -2.52. The predicted molar refractivity (Wildman–Crippen MR) is 150 cm³/mol. The molecule has 40 heavy (non-hydrogen) atoms. The Morgan fingerprint density at radius 3 is 2.38 bits per heavy atom. The second-order valence-electron chi connectivity index (χ2n) is 11.7. The molecule has 1 heterocycles. The van der Waals surface area contributed by atoms with Crippen molar-refractivity contribution in [3.8, 4) is 0 Å². The number of ketones is 3. The maximum atomic E-state index is 13.6. The molecule has 1 aromatic carbocycles. The molecule has 9 nitrogen and oxygen atoms in total. The van der Waals surface area contributed by atoms with Crippen LogP contribution in [0.2, 0.25) is 0 Å². The van der Waals surface area contributed by atoms with Crippen molar-refractivity contribution in [3.05, 3.63) is 36.2 Å². The number of hydrogen-bond acceptors (Lipinski definition) is 7. The molecule has 214 valence electrons. The monoisotopic (exact) mass is 548 g/mol. The van der Waals surface area contributed by atoms with Gasteiger partial charge in [0, 0.05) is 30.7 Å². The number of nitrogens with zero attached hydrogens (tertiary/aromatic N) is 2. The number of hydrogen-bond donors (Lipinski definition) is 2. The molecular formula is C31H40N4O5. The van der Waals surface area contributed by atoms with Gasteiger partial charge in [-0.1, -0.05) is 45.2 Å². The van der Waals surface area contributed by atoms with E-state index in [2.05, 4.69) is 20.6 Å². The highest BCUT2D eigenvalue weighted by Gasteiger charge is 2.36. The number of amides is 2. The van der Waals surface area contributed by atoms with E-state index in [1.165, 1.54) is 6.20 Å². The van der Waals surface area contributed by atoms with Crippen molar-refractivity contribution in [1.29, 1.82) is 0 Å². The van der Waals surface area contributed by atoms with Crippen molar-refractivity contribution in [2.75, 3.05) is 0 Å². The fourth-order valence-corrected chi connectivity index (χ4v) is 5.88. The molecule has 2 N–H and O–H groups in total. The molecule has 0 unspecified atom stereocenters. The number of rotatable bonds is 12. The minimum absolute atomic E-state index is 0.0518. The van der Waals surface area contributed by atoms with Crippen molar-refractivity contribution in [2.45, 2.75) is 96.6 Å². The first-order chi connectivity index (χ1) is 19.2. The summed E-state index contributed by atoms with van der Waals surface area (Å²) in [7, 11) is 0. The second-order valence-corrected chi connectivity index (χ2v) is 11.7. The molecule has 0 aliphatic heterocycles. The molecule has 2 aliphatic rings. The third kappa shape index (κ3) is 7.79. The van der Waals surface area contributed by atoms with Gasteiger partial charge in [-0.05, 0) is 56.6 Å². The average molecular weight is 549 g/mol. The van der Waals surface area contributed by atoms with E-state index in [0.717, 1.165) is 38.5 Å².